The lowest BCUT2D eigenvalue weighted by Gasteiger charge is -2.32. The van der Waals surface area contributed by atoms with Crippen molar-refractivity contribution >= 4 is 35.3 Å². The molecule has 0 saturated carbocycles. The van der Waals surface area contributed by atoms with Gasteiger partial charge in [0.25, 0.3) is 0 Å². The van der Waals surface area contributed by atoms with Crippen molar-refractivity contribution in [1.29, 1.82) is 0 Å². The summed E-state index contributed by atoms with van der Waals surface area (Å²) in [5, 5.41) is 0. The van der Waals surface area contributed by atoms with E-state index in [2.05, 4.69) is 10.2 Å². The van der Waals surface area contributed by atoms with Crippen LogP contribution < -0.4 is 9.65 Å². The quantitative estimate of drug-likeness (QED) is 0.228. The topological polar surface area (TPSA) is 96.0 Å². The SMILES string of the molecule is CC1(C)OB(c2c(C=O)ccc3c2CCC3)OC1(C)C.O=Cc1ccc2c(c1OS(=O)(=O)C(F)(F)F)CCC2. The van der Waals surface area contributed by atoms with Crippen molar-refractivity contribution in [2.24, 2.45) is 0 Å². The van der Waals surface area contributed by atoms with E-state index in [-0.39, 0.29) is 23.1 Å². The van der Waals surface area contributed by atoms with Gasteiger partial charge in [0.05, 0.1) is 16.8 Å². The standard InChI is InChI=1S/C16H21BO3.C11H9F3O4S/c1-15(2)16(3,4)20-17(19-15)14-12(10-18)9-8-11-6-5-7-13(11)14;12-11(13,14)19(16,17)18-10-8(6-15)5-4-7-2-1-3-9(7)10/h8-10H,5-7H2,1-4H3;4-6H,1-3H2. The third kappa shape index (κ3) is 5.51. The Hall–Kier alpha value is -2.70. The molecule has 2 aromatic carbocycles. The summed E-state index contributed by atoms with van der Waals surface area (Å²) < 4.78 is 75.4. The average Bonchev–Trinajstić information content (AvgIpc) is 3.56. The highest BCUT2D eigenvalue weighted by atomic mass is 32.2. The molecule has 0 N–H and O–H groups in total. The fourth-order valence-electron chi connectivity index (χ4n) is 5.05. The summed E-state index contributed by atoms with van der Waals surface area (Å²) in [4.78, 5) is 22.2. The summed E-state index contributed by atoms with van der Waals surface area (Å²) in [5.41, 5.74) is -1.16. The first-order valence-corrected chi connectivity index (χ1v) is 14.1. The van der Waals surface area contributed by atoms with Crippen LogP contribution in [-0.4, -0.2) is 44.8 Å². The molecule has 0 atom stereocenters. The van der Waals surface area contributed by atoms with Crippen LogP contribution in [0.4, 0.5) is 13.2 Å². The maximum Gasteiger partial charge on any atom is 0.534 e. The van der Waals surface area contributed by atoms with E-state index in [1.54, 1.807) is 6.07 Å². The van der Waals surface area contributed by atoms with E-state index in [9.17, 15) is 31.2 Å². The molecule has 1 aliphatic heterocycles. The van der Waals surface area contributed by atoms with E-state index in [1.807, 2.05) is 33.8 Å². The second kappa shape index (κ2) is 10.4. The zero-order valence-electron chi connectivity index (χ0n) is 22.2. The average molecular weight is 566 g/mol. The largest absolute Gasteiger partial charge is 0.534 e. The van der Waals surface area contributed by atoms with Crippen LogP contribution in [0, 0.1) is 0 Å². The Labute approximate surface area is 226 Å². The first-order chi connectivity index (χ1) is 18.1. The smallest absolute Gasteiger partial charge is 0.399 e. The van der Waals surface area contributed by atoms with Crippen molar-refractivity contribution in [3.8, 4) is 5.75 Å². The Morgan fingerprint density at radius 2 is 1.31 bits per heavy atom. The fraction of sp³-hybridized carbons (Fsp3) is 0.481. The number of carbonyl (C=O) groups excluding carboxylic acids is 2. The first kappa shape index (κ1) is 29.3. The molecule has 1 fully saturated rings. The second-order valence-corrected chi connectivity index (χ2v) is 12.4. The predicted molar refractivity (Wildman–Crippen MR) is 139 cm³/mol. The summed E-state index contributed by atoms with van der Waals surface area (Å²) in [7, 11) is -6.20. The zero-order valence-corrected chi connectivity index (χ0v) is 23.0. The Morgan fingerprint density at radius 3 is 1.82 bits per heavy atom. The Morgan fingerprint density at radius 1 is 0.821 bits per heavy atom. The molecule has 2 aliphatic carbocycles. The molecule has 39 heavy (non-hydrogen) atoms. The first-order valence-electron chi connectivity index (χ1n) is 12.7. The number of rotatable bonds is 5. The van der Waals surface area contributed by atoms with Gasteiger partial charge in [0.15, 0.2) is 12.0 Å². The number of hydrogen-bond acceptors (Lipinski definition) is 7. The molecular formula is C27H30BF3O7S. The molecule has 0 unspecified atom stereocenters. The van der Waals surface area contributed by atoms with Gasteiger partial charge in [-0.1, -0.05) is 18.2 Å². The molecule has 0 radical (unpaired) electrons. The van der Waals surface area contributed by atoms with E-state index in [1.165, 1.54) is 17.2 Å². The van der Waals surface area contributed by atoms with Crippen LogP contribution in [0.5, 0.6) is 5.75 Å². The van der Waals surface area contributed by atoms with Crippen molar-refractivity contribution < 1.29 is 44.7 Å². The molecule has 2 aromatic rings. The number of aryl methyl sites for hydroxylation is 2. The van der Waals surface area contributed by atoms with Gasteiger partial charge in [-0.3, -0.25) is 9.59 Å². The molecule has 12 heteroatoms. The van der Waals surface area contributed by atoms with Gasteiger partial charge in [0.2, 0.25) is 0 Å². The third-order valence-electron chi connectivity index (χ3n) is 7.84. The van der Waals surface area contributed by atoms with Gasteiger partial charge in [0, 0.05) is 5.56 Å². The van der Waals surface area contributed by atoms with Crippen molar-refractivity contribution in [2.75, 3.05) is 0 Å². The highest BCUT2D eigenvalue weighted by Crippen LogP contribution is 2.38. The lowest BCUT2D eigenvalue weighted by Crippen LogP contribution is -2.41. The lowest BCUT2D eigenvalue weighted by atomic mass is 9.72. The molecule has 1 saturated heterocycles. The minimum absolute atomic E-state index is 0.200. The summed E-state index contributed by atoms with van der Waals surface area (Å²) >= 11 is 0. The molecule has 0 spiro atoms. The molecular weight excluding hydrogens is 536 g/mol. The van der Waals surface area contributed by atoms with Gasteiger partial charge >= 0.3 is 22.7 Å². The Bertz CT molecular complexity index is 1390. The highest BCUT2D eigenvalue weighted by Gasteiger charge is 2.53. The number of aldehydes is 2. The monoisotopic (exact) mass is 566 g/mol. The number of carbonyl (C=O) groups is 2. The minimum Gasteiger partial charge on any atom is -0.399 e. The van der Waals surface area contributed by atoms with Crippen LogP contribution in [0.2, 0.25) is 0 Å². The summed E-state index contributed by atoms with van der Waals surface area (Å²) in [6.07, 6.45) is 6.12. The van der Waals surface area contributed by atoms with E-state index in [0.717, 1.165) is 31.0 Å². The van der Waals surface area contributed by atoms with Gasteiger partial charge in [-0.05, 0) is 100 Å². The van der Waals surface area contributed by atoms with Crippen LogP contribution in [-0.2, 0) is 45.1 Å². The van der Waals surface area contributed by atoms with Crippen LogP contribution in [0.1, 0.15) is 83.5 Å². The van der Waals surface area contributed by atoms with Crippen LogP contribution in [0.3, 0.4) is 0 Å². The molecule has 1 heterocycles. The highest BCUT2D eigenvalue weighted by molar-refractivity contribution is 7.88. The summed E-state index contributed by atoms with van der Waals surface area (Å²) in [6.45, 7) is 8.15. The van der Waals surface area contributed by atoms with E-state index in [4.69, 9.17) is 9.31 Å². The Balaban J connectivity index is 0.000000181. The van der Waals surface area contributed by atoms with Gasteiger partial charge < -0.3 is 13.5 Å². The Kier molecular flexibility index (Phi) is 7.79. The molecule has 0 bridgehead atoms. The van der Waals surface area contributed by atoms with Gasteiger partial charge in [-0.2, -0.15) is 21.6 Å². The van der Waals surface area contributed by atoms with E-state index >= 15 is 0 Å². The van der Waals surface area contributed by atoms with Gasteiger partial charge in [-0.25, -0.2) is 0 Å². The number of halogens is 3. The van der Waals surface area contributed by atoms with Crippen molar-refractivity contribution in [3.05, 3.63) is 57.6 Å². The predicted octanol–water partition coefficient (Wildman–Crippen LogP) is 4.50. The number of fused-ring (bicyclic) bond motifs is 2. The normalized spacial score (nSPS) is 19.1. The zero-order chi connectivity index (χ0) is 28.8. The lowest BCUT2D eigenvalue weighted by molar-refractivity contribution is -0.0500. The van der Waals surface area contributed by atoms with Crippen molar-refractivity contribution in [2.45, 2.75) is 82.9 Å². The molecule has 0 amide bonds. The maximum absolute atomic E-state index is 12.3. The number of benzene rings is 2. The third-order valence-corrected chi connectivity index (χ3v) is 8.79. The van der Waals surface area contributed by atoms with E-state index in [0.29, 0.717) is 36.0 Å². The number of alkyl halides is 3. The summed E-state index contributed by atoms with van der Waals surface area (Å²) in [6, 6.07) is 6.83. The minimum atomic E-state index is -5.76. The fourth-order valence-corrected chi connectivity index (χ4v) is 5.56. The van der Waals surface area contributed by atoms with Crippen molar-refractivity contribution in [3.63, 3.8) is 0 Å². The maximum atomic E-state index is 12.3. The molecule has 7 nitrogen and oxygen atoms in total. The number of hydrogen-bond donors (Lipinski definition) is 0. The molecule has 3 aliphatic rings. The summed E-state index contributed by atoms with van der Waals surface area (Å²) in [5.74, 6) is -0.498. The van der Waals surface area contributed by atoms with Crippen LogP contribution >= 0.6 is 0 Å². The van der Waals surface area contributed by atoms with Gasteiger partial charge in [-0.15, -0.1) is 0 Å². The van der Waals surface area contributed by atoms with Gasteiger partial charge in [0.1, 0.15) is 6.29 Å². The molecule has 5 rings (SSSR count). The molecule has 0 aromatic heterocycles. The second-order valence-electron chi connectivity index (χ2n) is 10.8. The van der Waals surface area contributed by atoms with Crippen LogP contribution in [0.25, 0.3) is 0 Å². The van der Waals surface area contributed by atoms with Crippen molar-refractivity contribution in [1.82, 2.24) is 0 Å². The van der Waals surface area contributed by atoms with E-state index < -0.39 is 28.5 Å². The molecule has 210 valence electrons. The van der Waals surface area contributed by atoms with Crippen LogP contribution in [0.15, 0.2) is 24.3 Å².